The normalized spacial score (nSPS) is 10.4. The van der Waals surface area contributed by atoms with Crippen molar-refractivity contribution in [3.63, 3.8) is 0 Å². The number of anilines is 2. The van der Waals surface area contributed by atoms with Crippen LogP contribution in [0.2, 0.25) is 0 Å². The second-order valence-corrected chi connectivity index (χ2v) is 6.42. The Hall–Kier alpha value is -3.66. The topological polar surface area (TPSA) is 133 Å². The van der Waals surface area contributed by atoms with E-state index in [1.165, 1.54) is 13.2 Å². The van der Waals surface area contributed by atoms with Gasteiger partial charge in [0.05, 0.1) is 25.9 Å². The van der Waals surface area contributed by atoms with Crippen LogP contribution < -0.4 is 21.3 Å². The maximum atomic E-state index is 12.2. The summed E-state index contributed by atoms with van der Waals surface area (Å²) >= 11 is 0. The molecule has 0 aliphatic heterocycles. The van der Waals surface area contributed by atoms with E-state index in [0.717, 1.165) is 0 Å². The van der Waals surface area contributed by atoms with Crippen LogP contribution in [0.15, 0.2) is 47.1 Å². The molecule has 0 saturated carbocycles. The number of hydrogen-bond acceptors (Lipinski definition) is 6. The molecule has 2 rings (SSSR count). The van der Waals surface area contributed by atoms with Crippen molar-refractivity contribution in [2.24, 2.45) is 0 Å². The molecule has 0 atom stereocenters. The molecule has 0 aliphatic carbocycles. The molecule has 0 fully saturated rings. The van der Waals surface area contributed by atoms with Crippen molar-refractivity contribution in [3.05, 3.63) is 48.4 Å². The maximum Gasteiger partial charge on any atom is 0.321 e. The van der Waals surface area contributed by atoms with Gasteiger partial charge in [0.2, 0.25) is 17.7 Å². The van der Waals surface area contributed by atoms with Crippen LogP contribution in [0.4, 0.5) is 16.2 Å². The van der Waals surface area contributed by atoms with Gasteiger partial charge in [-0.3, -0.25) is 24.6 Å². The molecule has 0 radical (unpaired) electrons. The van der Waals surface area contributed by atoms with Gasteiger partial charge in [0.1, 0.15) is 5.76 Å². The summed E-state index contributed by atoms with van der Waals surface area (Å²) in [6.07, 6.45) is 1.49. The first-order chi connectivity index (χ1) is 14.4. The van der Waals surface area contributed by atoms with Gasteiger partial charge in [0, 0.05) is 18.3 Å². The third-order valence-corrected chi connectivity index (χ3v) is 3.93. The molecule has 0 bridgehead atoms. The predicted octanol–water partition coefficient (Wildman–Crippen LogP) is 1.52. The molecule has 4 N–H and O–H groups in total. The van der Waals surface area contributed by atoms with Gasteiger partial charge in [0.25, 0.3) is 0 Å². The summed E-state index contributed by atoms with van der Waals surface area (Å²) < 4.78 is 5.09. The Morgan fingerprint density at radius 1 is 0.933 bits per heavy atom. The van der Waals surface area contributed by atoms with Crippen LogP contribution in [0.5, 0.6) is 0 Å². The zero-order chi connectivity index (χ0) is 21.9. The molecular formula is C20H25N5O5. The molecule has 2 aromatic rings. The van der Waals surface area contributed by atoms with E-state index >= 15 is 0 Å². The van der Waals surface area contributed by atoms with Gasteiger partial charge in [0.15, 0.2) is 0 Å². The Morgan fingerprint density at radius 3 is 2.13 bits per heavy atom. The Bertz CT molecular complexity index is 864. The fourth-order valence-electron chi connectivity index (χ4n) is 2.52. The van der Waals surface area contributed by atoms with Gasteiger partial charge in [-0.05, 0) is 42.9 Å². The number of urea groups is 1. The second-order valence-electron chi connectivity index (χ2n) is 6.42. The molecule has 0 saturated heterocycles. The predicted molar refractivity (Wildman–Crippen MR) is 111 cm³/mol. The molecule has 0 spiro atoms. The number of amides is 5. The van der Waals surface area contributed by atoms with Gasteiger partial charge >= 0.3 is 6.03 Å². The number of benzene rings is 1. The van der Waals surface area contributed by atoms with Crippen molar-refractivity contribution < 1.29 is 23.6 Å². The molecule has 1 aromatic carbocycles. The van der Waals surface area contributed by atoms with Crippen LogP contribution in [-0.2, 0) is 20.9 Å². The molecule has 30 heavy (non-hydrogen) atoms. The van der Waals surface area contributed by atoms with E-state index in [2.05, 4.69) is 21.3 Å². The lowest BCUT2D eigenvalue weighted by Crippen LogP contribution is -2.45. The number of nitrogens with one attached hydrogen (secondary N) is 4. The van der Waals surface area contributed by atoms with Gasteiger partial charge in [-0.1, -0.05) is 6.92 Å². The van der Waals surface area contributed by atoms with Crippen LogP contribution >= 0.6 is 0 Å². The Balaban J connectivity index is 1.75. The van der Waals surface area contributed by atoms with Crippen LogP contribution in [0.25, 0.3) is 0 Å². The lowest BCUT2D eigenvalue weighted by molar-refractivity contribution is -0.122. The summed E-state index contributed by atoms with van der Waals surface area (Å²) in [5.74, 6) is -0.451. The standard InChI is InChI=1S/C20H25N5O5/c1-3-25(13-19(28)24-20(29)21-11-17-5-4-10-30-17)12-18(27)23-16-8-6-15(7-9-16)22-14(2)26/h4-10H,3,11-13H2,1-2H3,(H,22,26)(H,23,27)(H2,21,24,28,29). The Kier molecular flexibility index (Phi) is 8.57. The first-order valence-electron chi connectivity index (χ1n) is 9.35. The van der Waals surface area contributed by atoms with Crippen molar-refractivity contribution in [2.45, 2.75) is 20.4 Å². The fraction of sp³-hybridized carbons (Fsp3) is 0.300. The smallest absolute Gasteiger partial charge is 0.321 e. The summed E-state index contributed by atoms with van der Waals surface area (Å²) in [5, 5.41) is 10.1. The first kappa shape index (κ1) is 22.6. The van der Waals surface area contributed by atoms with Crippen LogP contribution in [0, 0.1) is 0 Å². The van der Waals surface area contributed by atoms with E-state index < -0.39 is 11.9 Å². The number of hydrogen-bond donors (Lipinski definition) is 4. The minimum Gasteiger partial charge on any atom is -0.467 e. The average molecular weight is 415 g/mol. The monoisotopic (exact) mass is 415 g/mol. The lowest BCUT2D eigenvalue weighted by Gasteiger charge is -2.19. The summed E-state index contributed by atoms with van der Waals surface area (Å²) in [7, 11) is 0. The van der Waals surface area contributed by atoms with Gasteiger partial charge in [-0.15, -0.1) is 0 Å². The SMILES string of the molecule is CCN(CC(=O)NC(=O)NCc1ccco1)CC(=O)Nc1ccc(NC(C)=O)cc1. The summed E-state index contributed by atoms with van der Waals surface area (Å²) in [6.45, 7) is 3.68. The summed E-state index contributed by atoms with van der Waals surface area (Å²) in [4.78, 5) is 48.7. The Morgan fingerprint density at radius 2 is 1.57 bits per heavy atom. The molecule has 10 nitrogen and oxygen atoms in total. The van der Waals surface area contributed by atoms with Gasteiger partial charge in [-0.2, -0.15) is 0 Å². The fourth-order valence-corrected chi connectivity index (χ4v) is 2.52. The second kappa shape index (κ2) is 11.4. The molecular weight excluding hydrogens is 390 g/mol. The highest BCUT2D eigenvalue weighted by atomic mass is 16.3. The summed E-state index contributed by atoms with van der Waals surface area (Å²) in [5.41, 5.74) is 1.18. The molecule has 5 amide bonds. The van der Waals surface area contributed by atoms with E-state index in [0.29, 0.717) is 23.7 Å². The van der Waals surface area contributed by atoms with Crippen LogP contribution in [0.1, 0.15) is 19.6 Å². The molecule has 160 valence electrons. The number of rotatable bonds is 9. The summed E-state index contributed by atoms with van der Waals surface area (Å²) in [6, 6.07) is 9.42. The third-order valence-electron chi connectivity index (χ3n) is 3.93. The number of carbonyl (C=O) groups excluding carboxylic acids is 4. The highest BCUT2D eigenvalue weighted by Gasteiger charge is 2.15. The van der Waals surface area contributed by atoms with Gasteiger partial charge in [-0.25, -0.2) is 4.79 Å². The molecule has 0 unspecified atom stereocenters. The molecule has 1 aromatic heterocycles. The highest BCUT2D eigenvalue weighted by molar-refractivity contribution is 5.96. The third kappa shape index (κ3) is 8.15. The van der Waals surface area contributed by atoms with E-state index in [1.807, 2.05) is 0 Å². The largest absolute Gasteiger partial charge is 0.467 e. The molecule has 10 heteroatoms. The average Bonchev–Trinajstić information content (AvgIpc) is 3.20. The van der Waals surface area contributed by atoms with Crippen molar-refractivity contribution in [3.8, 4) is 0 Å². The number of imide groups is 1. The van der Waals surface area contributed by atoms with E-state index in [1.54, 1.807) is 48.2 Å². The number of nitrogens with zero attached hydrogens (tertiary/aromatic N) is 1. The number of carbonyl (C=O) groups is 4. The van der Waals surface area contributed by atoms with Crippen LogP contribution in [0.3, 0.4) is 0 Å². The van der Waals surface area contributed by atoms with Crippen molar-refractivity contribution in [2.75, 3.05) is 30.3 Å². The van der Waals surface area contributed by atoms with Gasteiger partial charge < -0.3 is 20.4 Å². The highest BCUT2D eigenvalue weighted by Crippen LogP contribution is 2.13. The van der Waals surface area contributed by atoms with E-state index in [9.17, 15) is 19.2 Å². The Labute approximate surface area is 174 Å². The van der Waals surface area contributed by atoms with E-state index in [-0.39, 0.29) is 31.4 Å². The number of furan rings is 1. The van der Waals surface area contributed by atoms with E-state index in [4.69, 9.17) is 4.42 Å². The minimum absolute atomic E-state index is 0.0224. The van der Waals surface area contributed by atoms with Crippen molar-refractivity contribution in [1.29, 1.82) is 0 Å². The lowest BCUT2D eigenvalue weighted by atomic mass is 10.2. The van der Waals surface area contributed by atoms with Crippen molar-refractivity contribution in [1.82, 2.24) is 15.5 Å². The zero-order valence-corrected chi connectivity index (χ0v) is 16.9. The first-order valence-corrected chi connectivity index (χ1v) is 9.35. The quantitative estimate of drug-likeness (QED) is 0.491. The molecule has 1 heterocycles. The van der Waals surface area contributed by atoms with Crippen LogP contribution in [-0.4, -0.2) is 48.3 Å². The minimum atomic E-state index is -0.642. The zero-order valence-electron chi connectivity index (χ0n) is 16.9. The maximum absolute atomic E-state index is 12.2. The molecule has 0 aliphatic rings. The number of likely N-dealkylation sites (N-methyl/N-ethyl adjacent to an activating group) is 1. The van der Waals surface area contributed by atoms with Crippen molar-refractivity contribution >= 4 is 35.1 Å².